The molecule has 1 nitrogen and oxygen atoms in total. The minimum absolute atomic E-state index is 0.310. The van der Waals surface area contributed by atoms with Crippen molar-refractivity contribution in [2.45, 2.75) is 70.8 Å². The first-order valence-electron chi connectivity index (χ1n) is 8.11. The number of aryl methyl sites for hydroxylation is 2. The first-order chi connectivity index (χ1) is 9.24. The lowest BCUT2D eigenvalue weighted by Crippen LogP contribution is -2.24. The van der Waals surface area contributed by atoms with Crippen LogP contribution in [-0.2, 0) is 12.8 Å². The Morgan fingerprint density at radius 1 is 1.11 bits per heavy atom. The Balaban J connectivity index is 1.71. The third-order valence-electron chi connectivity index (χ3n) is 5.16. The molecule has 19 heavy (non-hydrogen) atoms. The fourth-order valence-corrected chi connectivity index (χ4v) is 5.08. The summed E-state index contributed by atoms with van der Waals surface area (Å²) in [6.07, 6.45) is 12.2. The van der Waals surface area contributed by atoms with Crippen LogP contribution < -0.4 is 5.73 Å². The zero-order valence-corrected chi connectivity index (χ0v) is 13.0. The Bertz CT molecular complexity index is 391. The van der Waals surface area contributed by atoms with Gasteiger partial charge in [-0.25, -0.2) is 0 Å². The minimum Gasteiger partial charge on any atom is -0.323 e. The molecule has 1 saturated carbocycles. The van der Waals surface area contributed by atoms with Crippen LogP contribution >= 0.6 is 11.3 Å². The summed E-state index contributed by atoms with van der Waals surface area (Å²) in [5.41, 5.74) is 8.20. The van der Waals surface area contributed by atoms with Crippen LogP contribution in [0.25, 0.3) is 0 Å². The molecule has 0 aliphatic heterocycles. The van der Waals surface area contributed by atoms with Crippen molar-refractivity contribution in [1.82, 2.24) is 0 Å². The first-order valence-corrected chi connectivity index (χ1v) is 8.92. The molecule has 2 aliphatic carbocycles. The zero-order chi connectivity index (χ0) is 13.2. The highest BCUT2D eigenvalue weighted by Gasteiger charge is 2.26. The van der Waals surface area contributed by atoms with Crippen molar-refractivity contribution in [3.05, 3.63) is 21.4 Å². The van der Waals surface area contributed by atoms with Crippen LogP contribution in [0.3, 0.4) is 0 Å². The molecule has 1 aromatic heterocycles. The largest absolute Gasteiger partial charge is 0.323 e. The van der Waals surface area contributed by atoms with Crippen molar-refractivity contribution >= 4 is 11.3 Å². The number of rotatable bonds is 2. The fraction of sp³-hybridized carbons (Fsp3) is 0.765. The van der Waals surface area contributed by atoms with Gasteiger partial charge in [-0.15, -0.1) is 11.3 Å². The van der Waals surface area contributed by atoms with Crippen molar-refractivity contribution in [2.75, 3.05) is 0 Å². The van der Waals surface area contributed by atoms with Gasteiger partial charge in [-0.3, -0.25) is 0 Å². The maximum atomic E-state index is 6.58. The van der Waals surface area contributed by atoms with Gasteiger partial charge in [0, 0.05) is 15.8 Å². The first kappa shape index (κ1) is 13.6. The summed E-state index contributed by atoms with van der Waals surface area (Å²) in [6.45, 7) is 2.38. The van der Waals surface area contributed by atoms with E-state index in [-0.39, 0.29) is 0 Å². The predicted octanol–water partition coefficient (Wildman–Crippen LogP) is 4.84. The molecule has 1 atom stereocenters. The average Bonchev–Trinajstić information content (AvgIpc) is 2.70. The second-order valence-corrected chi connectivity index (χ2v) is 7.87. The van der Waals surface area contributed by atoms with Crippen molar-refractivity contribution < 1.29 is 0 Å². The quantitative estimate of drug-likeness (QED) is 0.769. The summed E-state index contributed by atoms with van der Waals surface area (Å²) in [5, 5.41) is 0. The lowest BCUT2D eigenvalue weighted by Gasteiger charge is -2.30. The summed E-state index contributed by atoms with van der Waals surface area (Å²) in [4.78, 5) is 3.12. The molecule has 0 amide bonds. The SMILES string of the molecule is CC1CCC(C(N)c2cc3c(s2)CCCCC3)CC1. The molecular formula is C17H27NS. The van der Waals surface area contributed by atoms with Gasteiger partial charge in [0.2, 0.25) is 0 Å². The molecule has 0 saturated heterocycles. The van der Waals surface area contributed by atoms with Gasteiger partial charge in [-0.1, -0.05) is 26.2 Å². The lowest BCUT2D eigenvalue weighted by molar-refractivity contribution is 0.258. The highest BCUT2D eigenvalue weighted by atomic mass is 32.1. The van der Waals surface area contributed by atoms with E-state index in [1.807, 2.05) is 11.3 Å². The lowest BCUT2D eigenvalue weighted by atomic mass is 9.79. The summed E-state index contributed by atoms with van der Waals surface area (Å²) in [6, 6.07) is 2.76. The Hall–Kier alpha value is -0.340. The van der Waals surface area contributed by atoms with Crippen LogP contribution in [0.2, 0.25) is 0 Å². The maximum Gasteiger partial charge on any atom is 0.0418 e. The van der Waals surface area contributed by atoms with Crippen LogP contribution in [0.1, 0.15) is 73.2 Å². The van der Waals surface area contributed by atoms with E-state index in [0.717, 1.165) is 11.8 Å². The van der Waals surface area contributed by atoms with Crippen LogP contribution in [0.4, 0.5) is 0 Å². The number of hydrogen-bond acceptors (Lipinski definition) is 2. The molecule has 1 fully saturated rings. The van der Waals surface area contributed by atoms with Crippen LogP contribution in [-0.4, -0.2) is 0 Å². The van der Waals surface area contributed by atoms with E-state index in [1.165, 1.54) is 62.7 Å². The van der Waals surface area contributed by atoms with Gasteiger partial charge in [0.05, 0.1) is 0 Å². The monoisotopic (exact) mass is 277 g/mol. The standard InChI is InChI=1S/C17H27NS/c1-12-7-9-13(10-8-12)17(18)16-11-14-5-3-2-4-6-15(14)19-16/h11-13,17H,2-10,18H2,1H3. The van der Waals surface area contributed by atoms with Gasteiger partial charge in [0.15, 0.2) is 0 Å². The Labute approximate surface area is 121 Å². The molecule has 3 rings (SSSR count). The van der Waals surface area contributed by atoms with Gasteiger partial charge in [-0.2, -0.15) is 0 Å². The third-order valence-corrected chi connectivity index (χ3v) is 6.50. The number of thiophene rings is 1. The molecule has 2 N–H and O–H groups in total. The van der Waals surface area contributed by atoms with Crippen LogP contribution in [0.5, 0.6) is 0 Å². The molecule has 0 bridgehead atoms. The van der Waals surface area contributed by atoms with E-state index < -0.39 is 0 Å². The van der Waals surface area contributed by atoms with Crippen LogP contribution in [0.15, 0.2) is 6.07 Å². The Kier molecular flexibility index (Phi) is 4.28. The van der Waals surface area contributed by atoms with E-state index in [9.17, 15) is 0 Å². The zero-order valence-electron chi connectivity index (χ0n) is 12.2. The molecule has 2 aliphatic rings. The molecule has 106 valence electrons. The third kappa shape index (κ3) is 3.05. The van der Waals surface area contributed by atoms with Crippen molar-refractivity contribution in [2.24, 2.45) is 17.6 Å². The van der Waals surface area contributed by atoms with E-state index in [1.54, 1.807) is 10.4 Å². The van der Waals surface area contributed by atoms with Gasteiger partial charge in [-0.05, 0) is 62.0 Å². The van der Waals surface area contributed by atoms with Crippen molar-refractivity contribution in [1.29, 1.82) is 0 Å². The second-order valence-electron chi connectivity index (χ2n) is 6.70. The molecule has 1 unspecified atom stereocenters. The highest BCUT2D eigenvalue weighted by Crippen LogP contribution is 2.39. The molecule has 1 heterocycles. The maximum absolute atomic E-state index is 6.58. The number of hydrogen-bond donors (Lipinski definition) is 1. The van der Waals surface area contributed by atoms with E-state index in [2.05, 4.69) is 13.0 Å². The van der Waals surface area contributed by atoms with Crippen LogP contribution in [0, 0.1) is 11.8 Å². The van der Waals surface area contributed by atoms with Crippen molar-refractivity contribution in [3.8, 4) is 0 Å². The molecular weight excluding hydrogens is 250 g/mol. The molecule has 2 heteroatoms. The minimum atomic E-state index is 0.310. The van der Waals surface area contributed by atoms with E-state index in [0.29, 0.717) is 6.04 Å². The summed E-state index contributed by atoms with van der Waals surface area (Å²) >= 11 is 2.03. The van der Waals surface area contributed by atoms with E-state index >= 15 is 0 Å². The van der Waals surface area contributed by atoms with Gasteiger partial charge < -0.3 is 5.73 Å². The second kappa shape index (κ2) is 5.97. The summed E-state index contributed by atoms with van der Waals surface area (Å²) in [5.74, 6) is 1.65. The Morgan fingerprint density at radius 3 is 2.63 bits per heavy atom. The van der Waals surface area contributed by atoms with E-state index in [4.69, 9.17) is 5.73 Å². The average molecular weight is 277 g/mol. The van der Waals surface area contributed by atoms with Gasteiger partial charge in [0.25, 0.3) is 0 Å². The topological polar surface area (TPSA) is 26.0 Å². The highest BCUT2D eigenvalue weighted by molar-refractivity contribution is 7.12. The van der Waals surface area contributed by atoms with Gasteiger partial charge >= 0.3 is 0 Å². The normalized spacial score (nSPS) is 29.6. The summed E-state index contributed by atoms with van der Waals surface area (Å²) in [7, 11) is 0. The van der Waals surface area contributed by atoms with Gasteiger partial charge in [0.1, 0.15) is 0 Å². The Morgan fingerprint density at radius 2 is 1.84 bits per heavy atom. The fourth-order valence-electron chi connectivity index (χ4n) is 3.73. The molecule has 0 spiro atoms. The number of fused-ring (bicyclic) bond motifs is 1. The molecule has 0 radical (unpaired) electrons. The summed E-state index contributed by atoms with van der Waals surface area (Å²) < 4.78 is 0. The smallest absolute Gasteiger partial charge is 0.0418 e. The number of nitrogens with two attached hydrogens (primary N) is 1. The molecule has 1 aromatic rings. The molecule has 0 aromatic carbocycles. The van der Waals surface area contributed by atoms with Crippen molar-refractivity contribution in [3.63, 3.8) is 0 Å². The predicted molar refractivity (Wildman–Crippen MR) is 83.6 cm³/mol.